The fraction of sp³-hybridized carbons (Fsp3) is 1.00. The maximum atomic E-state index is 10.8. The molecule has 2 atom stereocenters. The Morgan fingerprint density at radius 1 is 0.633 bits per heavy atom. The summed E-state index contributed by atoms with van der Waals surface area (Å²) in [6.07, 6.45) is 23.3. The molecule has 0 rings (SSSR count). The van der Waals surface area contributed by atoms with Gasteiger partial charge in [0, 0.05) is 5.25 Å². The first kappa shape index (κ1) is 33.7. The van der Waals surface area contributed by atoms with Crippen molar-refractivity contribution in [3.8, 4) is 0 Å². The molecule has 0 saturated carbocycles. The zero-order valence-electron chi connectivity index (χ0n) is 20.4. The number of unbranched alkanes of at least 4 members (excludes halogenated alkanes) is 15. The van der Waals surface area contributed by atoms with Crippen molar-refractivity contribution in [3.63, 3.8) is 0 Å². The van der Waals surface area contributed by atoms with Gasteiger partial charge in [0.2, 0.25) is 0 Å². The Kier molecular flexibility index (Phi) is 26.6. The fourth-order valence-corrected chi connectivity index (χ4v) is 4.31. The van der Waals surface area contributed by atoms with Gasteiger partial charge in [0.1, 0.15) is 0 Å². The van der Waals surface area contributed by atoms with Crippen molar-refractivity contribution in [3.05, 3.63) is 0 Å². The van der Waals surface area contributed by atoms with Crippen LogP contribution in [0.4, 0.5) is 0 Å². The van der Waals surface area contributed by atoms with E-state index < -0.39 is 15.4 Å². The van der Waals surface area contributed by atoms with Crippen LogP contribution in [0.1, 0.15) is 142 Å². The van der Waals surface area contributed by atoms with E-state index in [0.717, 1.165) is 19.3 Å². The molecule has 6 heteroatoms. The molecule has 2 unspecified atom stereocenters. The largest absolute Gasteiger partial charge is 1.00 e. The molecule has 0 aromatic rings. The summed E-state index contributed by atoms with van der Waals surface area (Å²) in [7, 11) is -4.15. The zero-order chi connectivity index (χ0) is 21.8. The van der Waals surface area contributed by atoms with Gasteiger partial charge in [0.15, 0.2) is 0 Å². The van der Waals surface area contributed by atoms with E-state index in [1.165, 1.54) is 96.8 Å². The molecule has 0 amide bonds. The average molecular weight is 473 g/mol. The van der Waals surface area contributed by atoms with Gasteiger partial charge in [-0.1, -0.05) is 116 Å². The Balaban J connectivity index is 0. The maximum absolute atomic E-state index is 10.8. The third kappa shape index (κ3) is 24.2. The molecular weight excluding hydrogens is 423 g/mol. The number of hydrogen-bond donors (Lipinski definition) is 1. The molecule has 0 aliphatic heterocycles. The summed E-state index contributed by atoms with van der Waals surface area (Å²) in [5.74, 6) is 0. The van der Waals surface area contributed by atoms with Crippen LogP contribution in [0.5, 0.6) is 0 Å². The average Bonchev–Trinajstić information content (AvgIpc) is 2.67. The molecule has 0 aliphatic carbocycles. The predicted octanol–water partition coefficient (Wildman–Crippen LogP) is 4.11. The van der Waals surface area contributed by atoms with Gasteiger partial charge >= 0.3 is 51.4 Å². The molecule has 4 nitrogen and oxygen atoms in total. The standard InChI is InChI=1S/C24H50O4S.K/c1-3-4-5-6-7-8-9-10-11-12-13-14-15-16-17-21-24(25)22-19-18-20-23(2)29(26,27)28;/h23-25H,3-22H2,1-2H3,(H,26,27,28);/q;+1/p-1. The minimum atomic E-state index is -4.15. The van der Waals surface area contributed by atoms with Gasteiger partial charge < -0.3 is 9.66 Å². The first-order valence-electron chi connectivity index (χ1n) is 12.5. The van der Waals surface area contributed by atoms with E-state index in [4.69, 9.17) is 0 Å². The summed E-state index contributed by atoms with van der Waals surface area (Å²) in [5.41, 5.74) is 0. The van der Waals surface area contributed by atoms with Crippen LogP contribution in [0.15, 0.2) is 0 Å². The quantitative estimate of drug-likeness (QED) is 0.146. The van der Waals surface area contributed by atoms with E-state index in [-0.39, 0.29) is 57.5 Å². The van der Waals surface area contributed by atoms with E-state index in [2.05, 4.69) is 6.92 Å². The van der Waals surface area contributed by atoms with Gasteiger partial charge in [-0.25, -0.2) is 8.42 Å². The zero-order valence-corrected chi connectivity index (χ0v) is 24.3. The molecule has 30 heavy (non-hydrogen) atoms. The third-order valence-corrected chi connectivity index (χ3v) is 7.25. The smallest absolute Gasteiger partial charge is 0.748 e. The Morgan fingerprint density at radius 3 is 1.30 bits per heavy atom. The Bertz CT molecular complexity index is 442. The fourth-order valence-electron chi connectivity index (χ4n) is 3.85. The SMILES string of the molecule is CCCCCCCCCCCCCCCCCC(O)CCCCC(C)S(=O)(=O)[O-].[K+]. The molecule has 0 heterocycles. The van der Waals surface area contributed by atoms with Crippen molar-refractivity contribution in [2.45, 2.75) is 154 Å². The molecular formula is C24H49KO4S. The Hall–Kier alpha value is 1.51. The van der Waals surface area contributed by atoms with Gasteiger partial charge in [-0.05, 0) is 26.2 Å². The molecule has 0 aliphatic rings. The van der Waals surface area contributed by atoms with Crippen molar-refractivity contribution in [2.24, 2.45) is 0 Å². The number of aliphatic hydroxyl groups excluding tert-OH is 1. The molecule has 0 bridgehead atoms. The summed E-state index contributed by atoms with van der Waals surface area (Å²) >= 11 is 0. The van der Waals surface area contributed by atoms with Crippen molar-refractivity contribution < 1.29 is 69.5 Å². The normalized spacial score (nSPS) is 13.7. The van der Waals surface area contributed by atoms with Crippen LogP contribution >= 0.6 is 0 Å². The van der Waals surface area contributed by atoms with E-state index in [1.54, 1.807) is 0 Å². The Morgan fingerprint density at radius 2 is 0.933 bits per heavy atom. The minimum Gasteiger partial charge on any atom is -0.748 e. The van der Waals surface area contributed by atoms with Crippen LogP contribution < -0.4 is 51.4 Å². The second kappa shape index (κ2) is 23.7. The summed E-state index contributed by atoms with van der Waals surface area (Å²) in [6, 6.07) is 0. The summed E-state index contributed by atoms with van der Waals surface area (Å²) in [6.45, 7) is 3.74. The number of rotatable bonds is 22. The molecule has 0 aromatic heterocycles. The molecule has 0 spiro atoms. The summed E-state index contributed by atoms with van der Waals surface area (Å²) < 4.78 is 32.5. The molecule has 0 aromatic carbocycles. The van der Waals surface area contributed by atoms with E-state index in [9.17, 15) is 18.1 Å². The molecule has 0 saturated heterocycles. The van der Waals surface area contributed by atoms with Crippen LogP contribution in [-0.2, 0) is 10.1 Å². The van der Waals surface area contributed by atoms with E-state index >= 15 is 0 Å². The minimum absolute atomic E-state index is 0. The topological polar surface area (TPSA) is 77.4 Å². The van der Waals surface area contributed by atoms with Gasteiger partial charge in [-0.15, -0.1) is 0 Å². The molecule has 0 fully saturated rings. The van der Waals surface area contributed by atoms with Gasteiger partial charge in [-0.3, -0.25) is 0 Å². The molecule has 176 valence electrons. The van der Waals surface area contributed by atoms with Gasteiger partial charge in [0.25, 0.3) is 0 Å². The van der Waals surface area contributed by atoms with Crippen LogP contribution in [0.2, 0.25) is 0 Å². The summed E-state index contributed by atoms with van der Waals surface area (Å²) in [5, 5.41) is 9.19. The van der Waals surface area contributed by atoms with Crippen molar-refractivity contribution in [1.82, 2.24) is 0 Å². The summed E-state index contributed by atoms with van der Waals surface area (Å²) in [4.78, 5) is 0. The maximum Gasteiger partial charge on any atom is 1.00 e. The first-order chi connectivity index (χ1) is 13.9. The number of aliphatic hydroxyl groups is 1. The van der Waals surface area contributed by atoms with E-state index in [0.29, 0.717) is 19.3 Å². The Labute approximate surface area is 230 Å². The first-order valence-corrected chi connectivity index (χ1v) is 14.0. The molecule has 1 N–H and O–H groups in total. The van der Waals surface area contributed by atoms with Gasteiger partial charge in [0.05, 0.1) is 16.2 Å². The monoisotopic (exact) mass is 472 g/mol. The second-order valence-electron chi connectivity index (χ2n) is 8.98. The van der Waals surface area contributed by atoms with Gasteiger partial charge in [-0.2, -0.15) is 0 Å². The van der Waals surface area contributed by atoms with Crippen LogP contribution in [0.3, 0.4) is 0 Å². The number of hydrogen-bond acceptors (Lipinski definition) is 4. The van der Waals surface area contributed by atoms with Crippen LogP contribution in [-0.4, -0.2) is 29.4 Å². The van der Waals surface area contributed by atoms with Crippen molar-refractivity contribution in [1.29, 1.82) is 0 Å². The van der Waals surface area contributed by atoms with Crippen molar-refractivity contribution in [2.75, 3.05) is 0 Å². The third-order valence-electron chi connectivity index (χ3n) is 6.03. The second-order valence-corrected chi connectivity index (χ2v) is 10.8. The van der Waals surface area contributed by atoms with Crippen molar-refractivity contribution >= 4 is 10.1 Å². The molecule has 0 radical (unpaired) electrons. The van der Waals surface area contributed by atoms with Crippen LogP contribution in [0, 0.1) is 0 Å². The van der Waals surface area contributed by atoms with Crippen LogP contribution in [0.25, 0.3) is 0 Å². The predicted molar refractivity (Wildman–Crippen MR) is 123 cm³/mol. The van der Waals surface area contributed by atoms with E-state index in [1.807, 2.05) is 0 Å².